The maximum absolute atomic E-state index is 11.9. The van der Waals surface area contributed by atoms with Crippen molar-refractivity contribution in [3.63, 3.8) is 0 Å². The van der Waals surface area contributed by atoms with Crippen molar-refractivity contribution in [1.29, 1.82) is 0 Å². The number of carbonyl (C=O) groups is 1. The van der Waals surface area contributed by atoms with Crippen LogP contribution >= 0.6 is 0 Å². The minimum absolute atomic E-state index is 0.246. The predicted molar refractivity (Wildman–Crippen MR) is 80.9 cm³/mol. The summed E-state index contributed by atoms with van der Waals surface area (Å²) in [5.74, 6) is 0.383. The molecule has 2 N–H and O–H groups in total. The molecule has 0 fully saturated rings. The smallest absolute Gasteiger partial charge is 0.323 e. The Balaban J connectivity index is 1.84. The SMILES string of the molecule is COc1ccc(C[C@@H](N)C(=O)OCc2ccccc2)cc1. The second-order valence-electron chi connectivity index (χ2n) is 4.75. The van der Waals surface area contributed by atoms with Crippen LogP contribution in [-0.4, -0.2) is 19.1 Å². The lowest BCUT2D eigenvalue weighted by Crippen LogP contribution is -2.34. The third-order valence-corrected chi connectivity index (χ3v) is 3.14. The summed E-state index contributed by atoms with van der Waals surface area (Å²) in [6, 6.07) is 16.3. The van der Waals surface area contributed by atoms with Crippen molar-refractivity contribution >= 4 is 5.97 Å². The van der Waals surface area contributed by atoms with Gasteiger partial charge in [0.05, 0.1) is 7.11 Å². The van der Waals surface area contributed by atoms with Gasteiger partial charge >= 0.3 is 5.97 Å². The Bertz CT molecular complexity index is 566. The topological polar surface area (TPSA) is 61.5 Å². The molecule has 110 valence electrons. The Labute approximate surface area is 124 Å². The number of hydrogen-bond acceptors (Lipinski definition) is 4. The molecule has 2 aromatic carbocycles. The van der Waals surface area contributed by atoms with Crippen LogP contribution in [0.1, 0.15) is 11.1 Å². The van der Waals surface area contributed by atoms with E-state index in [9.17, 15) is 4.79 Å². The Kier molecular flexibility index (Phi) is 5.35. The Hall–Kier alpha value is -2.33. The summed E-state index contributed by atoms with van der Waals surface area (Å²) in [6.07, 6.45) is 0.442. The number of carbonyl (C=O) groups excluding carboxylic acids is 1. The van der Waals surface area contributed by atoms with E-state index in [1.165, 1.54) is 0 Å². The molecule has 0 unspecified atom stereocenters. The molecule has 4 nitrogen and oxygen atoms in total. The third kappa shape index (κ3) is 4.61. The normalized spacial score (nSPS) is 11.7. The van der Waals surface area contributed by atoms with Gasteiger partial charge in [0.25, 0.3) is 0 Å². The first-order valence-electron chi connectivity index (χ1n) is 6.78. The molecule has 1 atom stereocenters. The Morgan fingerprint density at radius 3 is 2.33 bits per heavy atom. The van der Waals surface area contributed by atoms with E-state index in [4.69, 9.17) is 15.2 Å². The molecule has 0 saturated carbocycles. The van der Waals surface area contributed by atoms with Crippen molar-refractivity contribution in [2.24, 2.45) is 5.73 Å². The molecule has 2 rings (SSSR count). The molecule has 4 heteroatoms. The van der Waals surface area contributed by atoms with Gasteiger partial charge in [0.15, 0.2) is 0 Å². The molecule has 0 saturated heterocycles. The molecule has 0 radical (unpaired) electrons. The van der Waals surface area contributed by atoms with Crippen LogP contribution < -0.4 is 10.5 Å². The van der Waals surface area contributed by atoms with Gasteiger partial charge in [-0.05, 0) is 29.7 Å². The maximum Gasteiger partial charge on any atom is 0.323 e. The molecule has 0 aliphatic carbocycles. The van der Waals surface area contributed by atoms with Gasteiger partial charge in [0.1, 0.15) is 18.4 Å². The van der Waals surface area contributed by atoms with Crippen molar-refractivity contribution in [2.45, 2.75) is 19.1 Å². The zero-order chi connectivity index (χ0) is 15.1. The monoisotopic (exact) mass is 285 g/mol. The lowest BCUT2D eigenvalue weighted by Gasteiger charge is -2.12. The first-order valence-corrected chi connectivity index (χ1v) is 6.78. The lowest BCUT2D eigenvalue weighted by atomic mass is 10.1. The largest absolute Gasteiger partial charge is 0.497 e. The van der Waals surface area contributed by atoms with Crippen LogP contribution in [0.5, 0.6) is 5.75 Å². The van der Waals surface area contributed by atoms with Gasteiger partial charge in [-0.1, -0.05) is 42.5 Å². The van der Waals surface area contributed by atoms with Gasteiger partial charge in [-0.2, -0.15) is 0 Å². The van der Waals surface area contributed by atoms with Crippen molar-refractivity contribution < 1.29 is 14.3 Å². The Morgan fingerprint density at radius 1 is 1.05 bits per heavy atom. The maximum atomic E-state index is 11.9. The van der Waals surface area contributed by atoms with E-state index in [1.807, 2.05) is 54.6 Å². The first-order chi connectivity index (χ1) is 10.2. The van der Waals surface area contributed by atoms with Crippen LogP contribution in [0.2, 0.25) is 0 Å². The Morgan fingerprint density at radius 2 is 1.71 bits per heavy atom. The van der Waals surface area contributed by atoms with Crippen LogP contribution in [0.4, 0.5) is 0 Å². The van der Waals surface area contributed by atoms with Crippen LogP contribution in [0.25, 0.3) is 0 Å². The summed E-state index contributed by atoms with van der Waals surface area (Å²) >= 11 is 0. The number of ether oxygens (including phenoxy) is 2. The summed E-state index contributed by atoms with van der Waals surface area (Å²) in [6.45, 7) is 0.246. The second kappa shape index (κ2) is 7.45. The highest BCUT2D eigenvalue weighted by molar-refractivity contribution is 5.75. The zero-order valence-corrected chi connectivity index (χ0v) is 12.0. The number of benzene rings is 2. The fourth-order valence-electron chi connectivity index (χ4n) is 1.93. The summed E-state index contributed by atoms with van der Waals surface area (Å²) in [5, 5.41) is 0. The lowest BCUT2D eigenvalue weighted by molar-refractivity contribution is -0.146. The number of esters is 1. The molecule has 0 aromatic heterocycles. The third-order valence-electron chi connectivity index (χ3n) is 3.14. The van der Waals surface area contributed by atoms with Gasteiger partial charge in [0, 0.05) is 0 Å². The summed E-state index contributed by atoms with van der Waals surface area (Å²) in [5.41, 5.74) is 7.80. The van der Waals surface area contributed by atoms with Crippen molar-refractivity contribution in [3.05, 3.63) is 65.7 Å². The molecule has 0 bridgehead atoms. The van der Waals surface area contributed by atoms with Gasteiger partial charge in [-0.15, -0.1) is 0 Å². The van der Waals surface area contributed by atoms with Crippen LogP contribution in [0.15, 0.2) is 54.6 Å². The predicted octanol–water partition coefficient (Wildman–Crippen LogP) is 2.31. The number of rotatable bonds is 6. The second-order valence-corrected chi connectivity index (χ2v) is 4.75. The van der Waals surface area contributed by atoms with Gasteiger partial charge in [-0.3, -0.25) is 4.79 Å². The molecule has 0 amide bonds. The number of nitrogens with two attached hydrogens (primary N) is 1. The molecule has 2 aromatic rings. The van der Waals surface area contributed by atoms with Crippen molar-refractivity contribution in [2.75, 3.05) is 7.11 Å². The van der Waals surface area contributed by atoms with E-state index in [2.05, 4.69) is 0 Å². The molecule has 0 aliphatic heterocycles. The molecule has 0 spiro atoms. The van der Waals surface area contributed by atoms with Crippen LogP contribution in [0, 0.1) is 0 Å². The van der Waals surface area contributed by atoms with Crippen molar-refractivity contribution in [1.82, 2.24) is 0 Å². The van der Waals surface area contributed by atoms with Gasteiger partial charge < -0.3 is 15.2 Å². The number of methoxy groups -OCH3 is 1. The quantitative estimate of drug-likeness (QED) is 0.827. The molecular formula is C17H19NO3. The minimum atomic E-state index is -0.665. The fraction of sp³-hybridized carbons (Fsp3) is 0.235. The van der Waals surface area contributed by atoms with Gasteiger partial charge in [-0.25, -0.2) is 0 Å². The fourth-order valence-corrected chi connectivity index (χ4v) is 1.93. The first kappa shape index (κ1) is 15.1. The standard InChI is InChI=1S/C17H19NO3/c1-20-15-9-7-13(8-10-15)11-16(18)17(19)21-12-14-5-3-2-4-6-14/h2-10,16H,11-12,18H2,1H3/t16-/m1/s1. The van der Waals surface area contributed by atoms with E-state index in [1.54, 1.807) is 7.11 Å². The van der Waals surface area contributed by atoms with E-state index in [0.717, 1.165) is 16.9 Å². The molecule has 0 aliphatic rings. The van der Waals surface area contributed by atoms with Gasteiger partial charge in [0.2, 0.25) is 0 Å². The number of hydrogen-bond donors (Lipinski definition) is 1. The highest BCUT2D eigenvalue weighted by Crippen LogP contribution is 2.13. The van der Waals surface area contributed by atoms with Crippen LogP contribution in [0.3, 0.4) is 0 Å². The summed E-state index contributed by atoms with van der Waals surface area (Å²) in [7, 11) is 1.61. The molecule has 21 heavy (non-hydrogen) atoms. The molecular weight excluding hydrogens is 266 g/mol. The van der Waals surface area contributed by atoms with E-state index >= 15 is 0 Å². The molecule has 0 heterocycles. The highest BCUT2D eigenvalue weighted by atomic mass is 16.5. The highest BCUT2D eigenvalue weighted by Gasteiger charge is 2.15. The van der Waals surface area contributed by atoms with Crippen LogP contribution in [-0.2, 0) is 22.6 Å². The van der Waals surface area contributed by atoms with E-state index in [-0.39, 0.29) is 6.61 Å². The van der Waals surface area contributed by atoms with E-state index in [0.29, 0.717) is 6.42 Å². The minimum Gasteiger partial charge on any atom is -0.497 e. The average Bonchev–Trinajstić information content (AvgIpc) is 2.54. The van der Waals surface area contributed by atoms with Crippen molar-refractivity contribution in [3.8, 4) is 5.75 Å². The van der Waals surface area contributed by atoms with E-state index < -0.39 is 12.0 Å². The summed E-state index contributed by atoms with van der Waals surface area (Å²) in [4.78, 5) is 11.9. The average molecular weight is 285 g/mol. The zero-order valence-electron chi connectivity index (χ0n) is 12.0. The summed E-state index contributed by atoms with van der Waals surface area (Å²) < 4.78 is 10.3.